The molecule has 0 radical (unpaired) electrons. The maximum Gasteiger partial charge on any atom is 0.311 e. The Kier molecular flexibility index (Phi) is 4.66. The summed E-state index contributed by atoms with van der Waals surface area (Å²) in [6.45, 7) is 1.65. The van der Waals surface area contributed by atoms with Gasteiger partial charge in [0.05, 0.1) is 9.89 Å². The van der Waals surface area contributed by atoms with Gasteiger partial charge in [0.1, 0.15) is 5.82 Å². The second-order valence-corrected chi connectivity index (χ2v) is 6.48. The van der Waals surface area contributed by atoms with Gasteiger partial charge in [-0.05, 0) is 53.9 Å². The van der Waals surface area contributed by atoms with Crippen molar-refractivity contribution in [2.75, 3.05) is 0 Å². The van der Waals surface area contributed by atoms with E-state index in [1.165, 1.54) is 12.1 Å². The Morgan fingerprint density at radius 2 is 2.14 bits per heavy atom. The van der Waals surface area contributed by atoms with Crippen LogP contribution in [0.4, 0.5) is 4.39 Å². The van der Waals surface area contributed by atoms with Gasteiger partial charge in [-0.15, -0.1) is 0 Å². The Labute approximate surface area is 130 Å². The van der Waals surface area contributed by atoms with E-state index in [-0.39, 0.29) is 10.0 Å². The molecule has 0 bridgehead atoms. The molecule has 2 unspecified atom stereocenters. The first-order valence-corrected chi connectivity index (χ1v) is 7.63. The van der Waals surface area contributed by atoms with Crippen molar-refractivity contribution in [2.24, 2.45) is 5.41 Å². The predicted molar refractivity (Wildman–Crippen MR) is 79.6 cm³/mol. The van der Waals surface area contributed by atoms with E-state index < -0.39 is 29.2 Å². The average molecular weight is 358 g/mol. The molecule has 1 aromatic rings. The number of carboxylic acids is 1. The highest BCUT2D eigenvalue weighted by Crippen LogP contribution is 2.36. The minimum atomic E-state index is -0.970. The standard InChI is InChI=1S/C15H17BrFNO3/c1-15(14(20)21)7-3-2-4-12(15)18-13(19)9-5-6-10(16)11(17)8-9/h5-6,8,12H,2-4,7H2,1H3,(H,18,19)(H,20,21). The Morgan fingerprint density at radius 3 is 2.76 bits per heavy atom. The fourth-order valence-electron chi connectivity index (χ4n) is 2.70. The lowest BCUT2D eigenvalue weighted by molar-refractivity contribution is -0.151. The van der Waals surface area contributed by atoms with Gasteiger partial charge in [0.15, 0.2) is 0 Å². The number of carbonyl (C=O) groups is 2. The SMILES string of the molecule is CC1(C(=O)O)CCCCC1NC(=O)c1ccc(Br)c(F)c1. The van der Waals surface area contributed by atoms with Gasteiger partial charge < -0.3 is 10.4 Å². The van der Waals surface area contributed by atoms with Crippen LogP contribution in [-0.2, 0) is 4.79 Å². The second-order valence-electron chi connectivity index (χ2n) is 5.62. The molecular weight excluding hydrogens is 341 g/mol. The van der Waals surface area contributed by atoms with Gasteiger partial charge in [0.25, 0.3) is 5.91 Å². The van der Waals surface area contributed by atoms with Gasteiger partial charge >= 0.3 is 5.97 Å². The zero-order valence-electron chi connectivity index (χ0n) is 11.7. The predicted octanol–water partition coefficient (Wildman–Crippen LogP) is 3.35. The molecule has 0 aliphatic heterocycles. The lowest BCUT2D eigenvalue weighted by Crippen LogP contribution is -2.52. The molecular formula is C15H17BrFNO3. The van der Waals surface area contributed by atoms with E-state index in [0.29, 0.717) is 12.8 Å². The van der Waals surface area contributed by atoms with Crippen molar-refractivity contribution in [3.63, 3.8) is 0 Å². The quantitative estimate of drug-likeness (QED) is 0.871. The fourth-order valence-corrected chi connectivity index (χ4v) is 2.95. The zero-order chi connectivity index (χ0) is 15.6. The van der Waals surface area contributed by atoms with Crippen molar-refractivity contribution in [2.45, 2.75) is 38.6 Å². The number of hydrogen-bond donors (Lipinski definition) is 2. The molecule has 21 heavy (non-hydrogen) atoms. The highest BCUT2D eigenvalue weighted by Gasteiger charge is 2.43. The first kappa shape index (κ1) is 15.9. The summed E-state index contributed by atoms with van der Waals surface area (Å²) in [7, 11) is 0. The van der Waals surface area contributed by atoms with Crippen LogP contribution in [0.2, 0.25) is 0 Å². The van der Waals surface area contributed by atoms with Crippen molar-refractivity contribution in [3.8, 4) is 0 Å². The maximum atomic E-state index is 13.5. The first-order valence-electron chi connectivity index (χ1n) is 6.84. The monoisotopic (exact) mass is 357 g/mol. The van der Waals surface area contributed by atoms with Crippen LogP contribution in [0.5, 0.6) is 0 Å². The van der Waals surface area contributed by atoms with Crippen LogP contribution in [0.3, 0.4) is 0 Å². The summed E-state index contributed by atoms with van der Waals surface area (Å²) in [5, 5.41) is 12.2. The number of carboxylic acid groups (broad SMARTS) is 1. The van der Waals surface area contributed by atoms with E-state index in [1.54, 1.807) is 6.92 Å². The number of rotatable bonds is 3. The summed E-state index contributed by atoms with van der Waals surface area (Å²) in [6.07, 6.45) is 2.86. The highest BCUT2D eigenvalue weighted by atomic mass is 79.9. The van der Waals surface area contributed by atoms with Gasteiger partial charge in [0, 0.05) is 11.6 Å². The molecule has 2 rings (SSSR count). The molecule has 0 spiro atoms. The highest BCUT2D eigenvalue weighted by molar-refractivity contribution is 9.10. The lowest BCUT2D eigenvalue weighted by Gasteiger charge is -2.38. The van der Waals surface area contributed by atoms with E-state index in [0.717, 1.165) is 18.9 Å². The molecule has 1 amide bonds. The van der Waals surface area contributed by atoms with E-state index in [4.69, 9.17) is 0 Å². The smallest absolute Gasteiger partial charge is 0.311 e. The Balaban J connectivity index is 2.17. The first-order chi connectivity index (χ1) is 9.84. The third-order valence-electron chi connectivity index (χ3n) is 4.18. The van der Waals surface area contributed by atoms with Gasteiger partial charge in [0.2, 0.25) is 0 Å². The number of halogens is 2. The normalized spacial score (nSPS) is 25.4. The fraction of sp³-hybridized carbons (Fsp3) is 0.467. The van der Waals surface area contributed by atoms with Gasteiger partial charge in [-0.1, -0.05) is 12.8 Å². The van der Waals surface area contributed by atoms with Crippen LogP contribution in [0.1, 0.15) is 43.0 Å². The molecule has 0 heterocycles. The average Bonchev–Trinajstić information content (AvgIpc) is 2.44. The van der Waals surface area contributed by atoms with E-state index >= 15 is 0 Å². The van der Waals surface area contributed by atoms with Crippen LogP contribution in [0, 0.1) is 11.2 Å². The van der Waals surface area contributed by atoms with Crippen molar-refractivity contribution in [1.29, 1.82) is 0 Å². The molecule has 0 aromatic heterocycles. The number of nitrogens with one attached hydrogen (secondary N) is 1. The molecule has 1 aromatic carbocycles. The van der Waals surface area contributed by atoms with Crippen LogP contribution in [-0.4, -0.2) is 23.0 Å². The summed E-state index contributed by atoms with van der Waals surface area (Å²) in [5.74, 6) is -1.87. The van der Waals surface area contributed by atoms with Crippen LogP contribution >= 0.6 is 15.9 Å². The van der Waals surface area contributed by atoms with Crippen molar-refractivity contribution < 1.29 is 19.1 Å². The minimum Gasteiger partial charge on any atom is -0.481 e. The Bertz CT molecular complexity index is 578. The van der Waals surface area contributed by atoms with E-state index in [1.807, 2.05) is 0 Å². The molecule has 1 fully saturated rings. The van der Waals surface area contributed by atoms with E-state index in [2.05, 4.69) is 21.2 Å². The Morgan fingerprint density at radius 1 is 1.43 bits per heavy atom. The third-order valence-corrected chi connectivity index (χ3v) is 4.83. The lowest BCUT2D eigenvalue weighted by atomic mass is 9.71. The van der Waals surface area contributed by atoms with Crippen LogP contribution < -0.4 is 5.32 Å². The summed E-state index contributed by atoms with van der Waals surface area (Å²) in [5.41, 5.74) is -0.782. The largest absolute Gasteiger partial charge is 0.481 e. The Hall–Kier alpha value is -1.43. The summed E-state index contributed by atoms with van der Waals surface area (Å²) in [6, 6.07) is 3.66. The number of aliphatic carboxylic acids is 1. The number of amides is 1. The van der Waals surface area contributed by atoms with Crippen molar-refractivity contribution in [1.82, 2.24) is 5.32 Å². The molecule has 1 aliphatic carbocycles. The van der Waals surface area contributed by atoms with Gasteiger partial charge in [-0.3, -0.25) is 9.59 Å². The van der Waals surface area contributed by atoms with Gasteiger partial charge in [-0.25, -0.2) is 4.39 Å². The third kappa shape index (κ3) is 3.26. The summed E-state index contributed by atoms with van der Waals surface area (Å²) < 4.78 is 13.8. The summed E-state index contributed by atoms with van der Waals surface area (Å²) >= 11 is 3.03. The second kappa shape index (κ2) is 6.13. The maximum absolute atomic E-state index is 13.5. The number of hydrogen-bond acceptors (Lipinski definition) is 2. The van der Waals surface area contributed by atoms with Crippen molar-refractivity contribution in [3.05, 3.63) is 34.1 Å². The summed E-state index contributed by atoms with van der Waals surface area (Å²) in [4.78, 5) is 23.7. The zero-order valence-corrected chi connectivity index (χ0v) is 13.2. The molecule has 1 aliphatic rings. The number of carbonyl (C=O) groups excluding carboxylic acids is 1. The molecule has 6 heteroatoms. The molecule has 2 atom stereocenters. The van der Waals surface area contributed by atoms with Crippen LogP contribution in [0.15, 0.2) is 22.7 Å². The molecule has 1 saturated carbocycles. The molecule has 4 nitrogen and oxygen atoms in total. The molecule has 114 valence electrons. The molecule has 2 N–H and O–H groups in total. The van der Waals surface area contributed by atoms with Crippen LogP contribution in [0.25, 0.3) is 0 Å². The molecule has 0 saturated heterocycles. The minimum absolute atomic E-state index is 0.189. The van der Waals surface area contributed by atoms with E-state index in [9.17, 15) is 19.1 Å². The van der Waals surface area contributed by atoms with Gasteiger partial charge in [-0.2, -0.15) is 0 Å². The van der Waals surface area contributed by atoms with Crippen molar-refractivity contribution >= 4 is 27.8 Å². The topological polar surface area (TPSA) is 66.4 Å². The number of benzene rings is 1.